The molecule has 0 radical (unpaired) electrons. The second kappa shape index (κ2) is 6.37. The first-order valence-corrected chi connectivity index (χ1v) is 7.26. The molecule has 5 nitrogen and oxygen atoms in total. The molecule has 1 aromatic rings. The third kappa shape index (κ3) is 3.58. The average Bonchev–Trinajstić information content (AvgIpc) is 2.38. The molecule has 0 bridgehead atoms. The van der Waals surface area contributed by atoms with E-state index in [0.717, 1.165) is 10.0 Å². The standard InChI is InChI=1S/C14H17BrN2O3/c1-10-8-11(15)2-3-12(10)14(20)17-6-4-16(5-7-17)9-13(18)19/h2-3,8H,4-7,9H2,1H3,(H,18,19). The molecular formula is C14H17BrN2O3. The number of aliphatic carboxylic acids is 1. The lowest BCUT2D eigenvalue weighted by molar-refractivity contribution is -0.138. The van der Waals surface area contributed by atoms with Gasteiger partial charge in [-0.25, -0.2) is 0 Å². The van der Waals surface area contributed by atoms with Gasteiger partial charge in [0.1, 0.15) is 0 Å². The third-order valence-corrected chi connectivity index (χ3v) is 3.93. The summed E-state index contributed by atoms with van der Waals surface area (Å²) in [6, 6.07) is 5.61. The summed E-state index contributed by atoms with van der Waals surface area (Å²) in [7, 11) is 0. The van der Waals surface area contributed by atoms with E-state index >= 15 is 0 Å². The fraction of sp³-hybridized carbons (Fsp3) is 0.429. The van der Waals surface area contributed by atoms with E-state index in [-0.39, 0.29) is 12.5 Å². The van der Waals surface area contributed by atoms with Crippen molar-refractivity contribution in [1.29, 1.82) is 0 Å². The minimum absolute atomic E-state index is 0.0185. The number of benzene rings is 1. The van der Waals surface area contributed by atoms with Crippen molar-refractivity contribution < 1.29 is 14.7 Å². The maximum atomic E-state index is 12.4. The normalized spacial score (nSPS) is 16.2. The van der Waals surface area contributed by atoms with Gasteiger partial charge in [-0.2, -0.15) is 0 Å². The molecule has 1 amide bonds. The van der Waals surface area contributed by atoms with Crippen LogP contribution in [0.5, 0.6) is 0 Å². The highest BCUT2D eigenvalue weighted by Gasteiger charge is 2.23. The molecule has 0 aromatic heterocycles. The van der Waals surface area contributed by atoms with Crippen LogP contribution in [0.15, 0.2) is 22.7 Å². The molecule has 0 spiro atoms. The van der Waals surface area contributed by atoms with Crippen LogP contribution in [0.2, 0.25) is 0 Å². The molecule has 2 rings (SSSR count). The summed E-state index contributed by atoms with van der Waals surface area (Å²) >= 11 is 3.38. The summed E-state index contributed by atoms with van der Waals surface area (Å²) in [6.07, 6.45) is 0. The fourth-order valence-corrected chi connectivity index (χ4v) is 2.81. The van der Waals surface area contributed by atoms with Gasteiger partial charge in [0.2, 0.25) is 0 Å². The minimum Gasteiger partial charge on any atom is -0.480 e. The number of piperazine rings is 1. The van der Waals surface area contributed by atoms with Gasteiger partial charge < -0.3 is 10.0 Å². The van der Waals surface area contributed by atoms with Gasteiger partial charge in [-0.3, -0.25) is 14.5 Å². The molecule has 1 saturated heterocycles. The Bertz CT molecular complexity index is 525. The van der Waals surface area contributed by atoms with Crippen LogP contribution in [-0.4, -0.2) is 59.5 Å². The predicted octanol–water partition coefficient (Wildman–Crippen LogP) is 1.60. The van der Waals surface area contributed by atoms with Gasteiger partial charge in [0.15, 0.2) is 0 Å². The summed E-state index contributed by atoms with van der Waals surface area (Å²) in [4.78, 5) is 26.7. The second-order valence-electron chi connectivity index (χ2n) is 4.92. The molecule has 0 saturated carbocycles. The number of amides is 1. The van der Waals surface area contributed by atoms with Crippen molar-refractivity contribution in [3.8, 4) is 0 Å². The number of halogens is 1. The molecular weight excluding hydrogens is 324 g/mol. The lowest BCUT2D eigenvalue weighted by atomic mass is 10.1. The van der Waals surface area contributed by atoms with Crippen LogP contribution in [0.3, 0.4) is 0 Å². The van der Waals surface area contributed by atoms with E-state index in [1.807, 2.05) is 30.0 Å². The van der Waals surface area contributed by atoms with Crippen LogP contribution < -0.4 is 0 Å². The van der Waals surface area contributed by atoms with Crippen LogP contribution in [-0.2, 0) is 4.79 Å². The van der Waals surface area contributed by atoms with Crippen molar-refractivity contribution in [2.24, 2.45) is 0 Å². The van der Waals surface area contributed by atoms with Gasteiger partial charge in [0.25, 0.3) is 5.91 Å². The first-order chi connectivity index (χ1) is 9.47. The van der Waals surface area contributed by atoms with Crippen LogP contribution in [0, 0.1) is 6.92 Å². The highest BCUT2D eigenvalue weighted by atomic mass is 79.9. The number of carbonyl (C=O) groups is 2. The number of hydrogen-bond donors (Lipinski definition) is 1. The SMILES string of the molecule is Cc1cc(Br)ccc1C(=O)N1CCN(CC(=O)O)CC1. The number of carbonyl (C=O) groups excluding carboxylic acids is 1. The summed E-state index contributed by atoms with van der Waals surface area (Å²) in [5, 5.41) is 8.75. The van der Waals surface area contributed by atoms with E-state index < -0.39 is 5.97 Å². The van der Waals surface area contributed by atoms with Crippen molar-refractivity contribution in [3.63, 3.8) is 0 Å². The Kier molecular flexibility index (Phi) is 4.77. The van der Waals surface area contributed by atoms with E-state index in [9.17, 15) is 9.59 Å². The van der Waals surface area contributed by atoms with Crippen LogP contribution in [0.4, 0.5) is 0 Å². The zero-order valence-electron chi connectivity index (χ0n) is 11.3. The van der Waals surface area contributed by atoms with E-state index in [0.29, 0.717) is 31.7 Å². The monoisotopic (exact) mass is 340 g/mol. The van der Waals surface area contributed by atoms with Crippen LogP contribution in [0.1, 0.15) is 15.9 Å². The molecule has 6 heteroatoms. The van der Waals surface area contributed by atoms with Gasteiger partial charge in [-0.1, -0.05) is 15.9 Å². The van der Waals surface area contributed by atoms with Crippen LogP contribution >= 0.6 is 15.9 Å². The molecule has 1 heterocycles. The Labute approximate surface area is 126 Å². The van der Waals surface area contributed by atoms with Crippen LogP contribution in [0.25, 0.3) is 0 Å². The van der Waals surface area contributed by atoms with Crippen molar-refractivity contribution in [2.45, 2.75) is 6.92 Å². The van der Waals surface area contributed by atoms with Gasteiger partial charge in [-0.05, 0) is 30.7 Å². The molecule has 0 unspecified atom stereocenters. The number of carboxylic acids is 1. The molecule has 1 fully saturated rings. The van der Waals surface area contributed by atoms with Gasteiger partial charge in [0, 0.05) is 36.2 Å². The van der Waals surface area contributed by atoms with E-state index in [1.54, 1.807) is 4.90 Å². The molecule has 1 N–H and O–H groups in total. The quantitative estimate of drug-likeness (QED) is 0.907. The Morgan fingerprint density at radius 1 is 1.25 bits per heavy atom. The highest BCUT2D eigenvalue weighted by molar-refractivity contribution is 9.10. The lowest BCUT2D eigenvalue weighted by Gasteiger charge is -2.34. The summed E-state index contributed by atoms with van der Waals surface area (Å²) in [6.45, 7) is 4.31. The first kappa shape index (κ1) is 15.0. The Morgan fingerprint density at radius 3 is 2.45 bits per heavy atom. The summed E-state index contributed by atoms with van der Waals surface area (Å²) in [5.41, 5.74) is 1.65. The van der Waals surface area contributed by atoms with Crippen molar-refractivity contribution in [1.82, 2.24) is 9.80 Å². The first-order valence-electron chi connectivity index (χ1n) is 6.47. The third-order valence-electron chi connectivity index (χ3n) is 3.44. The molecule has 1 aliphatic heterocycles. The van der Waals surface area contributed by atoms with E-state index in [1.165, 1.54) is 0 Å². The summed E-state index contributed by atoms with van der Waals surface area (Å²) in [5.74, 6) is -0.807. The Balaban J connectivity index is 1.99. The van der Waals surface area contributed by atoms with E-state index in [2.05, 4.69) is 15.9 Å². The Morgan fingerprint density at radius 2 is 1.90 bits per heavy atom. The topological polar surface area (TPSA) is 60.9 Å². The van der Waals surface area contributed by atoms with Crippen molar-refractivity contribution in [3.05, 3.63) is 33.8 Å². The number of hydrogen-bond acceptors (Lipinski definition) is 3. The number of nitrogens with zero attached hydrogens (tertiary/aromatic N) is 2. The van der Waals surface area contributed by atoms with Crippen molar-refractivity contribution >= 4 is 27.8 Å². The second-order valence-corrected chi connectivity index (χ2v) is 5.84. The zero-order valence-corrected chi connectivity index (χ0v) is 12.9. The number of carboxylic acid groups (broad SMARTS) is 1. The molecule has 1 aliphatic rings. The average molecular weight is 341 g/mol. The van der Waals surface area contributed by atoms with Crippen molar-refractivity contribution in [2.75, 3.05) is 32.7 Å². The smallest absolute Gasteiger partial charge is 0.317 e. The van der Waals surface area contributed by atoms with Gasteiger partial charge in [0.05, 0.1) is 6.54 Å². The minimum atomic E-state index is -0.825. The largest absolute Gasteiger partial charge is 0.480 e. The highest BCUT2D eigenvalue weighted by Crippen LogP contribution is 2.18. The maximum Gasteiger partial charge on any atom is 0.317 e. The summed E-state index contributed by atoms with van der Waals surface area (Å²) < 4.78 is 0.956. The van der Waals surface area contributed by atoms with Gasteiger partial charge >= 0.3 is 5.97 Å². The maximum absolute atomic E-state index is 12.4. The molecule has 20 heavy (non-hydrogen) atoms. The Hall–Kier alpha value is -1.40. The van der Waals surface area contributed by atoms with Gasteiger partial charge in [-0.15, -0.1) is 0 Å². The van der Waals surface area contributed by atoms with E-state index in [4.69, 9.17) is 5.11 Å². The zero-order chi connectivity index (χ0) is 14.7. The predicted molar refractivity (Wildman–Crippen MR) is 78.9 cm³/mol. The lowest BCUT2D eigenvalue weighted by Crippen LogP contribution is -2.50. The fourth-order valence-electron chi connectivity index (χ4n) is 2.34. The number of aryl methyl sites for hydroxylation is 1. The molecule has 1 aromatic carbocycles. The molecule has 0 atom stereocenters. The number of rotatable bonds is 3. The molecule has 108 valence electrons. The molecule has 0 aliphatic carbocycles.